The minimum absolute atomic E-state index is 0.230. The van der Waals surface area contributed by atoms with Crippen molar-refractivity contribution in [3.05, 3.63) is 101 Å². The van der Waals surface area contributed by atoms with Crippen molar-refractivity contribution in [1.29, 1.82) is 0 Å². The number of hydrogen-bond acceptors (Lipinski definition) is 1. The number of aromatic amines is 1. The van der Waals surface area contributed by atoms with Crippen LogP contribution in [-0.2, 0) is 19.5 Å². The number of methoxy groups -OCH3 is 1. The smallest absolute Gasteiger partial charge is 0.123 e. The van der Waals surface area contributed by atoms with E-state index < -0.39 is 0 Å². The molecule has 0 bridgehead atoms. The molecule has 0 atom stereocenters. The SMILES string of the molecule is COc1ccc2[nH]cc(CC[NH+](Cc3ccc(F)cc3)Cc3ccc(F)cc3)c2c1. The third-order valence-electron chi connectivity index (χ3n) is 5.46. The van der Waals surface area contributed by atoms with Gasteiger partial charge in [-0.05, 0) is 48.0 Å². The van der Waals surface area contributed by atoms with Crippen molar-refractivity contribution in [2.24, 2.45) is 0 Å². The Labute approximate surface area is 174 Å². The molecule has 0 saturated heterocycles. The summed E-state index contributed by atoms with van der Waals surface area (Å²) in [5, 5.41) is 1.16. The third kappa shape index (κ3) is 4.86. The molecule has 30 heavy (non-hydrogen) atoms. The number of nitrogens with one attached hydrogen (secondary N) is 2. The number of ether oxygens (including phenoxy) is 1. The lowest BCUT2D eigenvalue weighted by Gasteiger charge is -2.20. The van der Waals surface area contributed by atoms with Crippen molar-refractivity contribution in [2.75, 3.05) is 13.7 Å². The summed E-state index contributed by atoms with van der Waals surface area (Å²) in [6, 6.07) is 19.3. The zero-order valence-electron chi connectivity index (χ0n) is 16.9. The molecule has 0 amide bonds. The summed E-state index contributed by atoms with van der Waals surface area (Å²) in [5.74, 6) is 0.378. The van der Waals surface area contributed by atoms with Crippen LogP contribution in [0.2, 0.25) is 0 Å². The quantitative estimate of drug-likeness (QED) is 0.449. The van der Waals surface area contributed by atoms with E-state index in [0.29, 0.717) is 0 Å². The Morgan fingerprint density at radius 3 is 2.00 bits per heavy atom. The van der Waals surface area contributed by atoms with Gasteiger partial charge in [-0.2, -0.15) is 0 Å². The van der Waals surface area contributed by atoms with Gasteiger partial charge in [0, 0.05) is 34.6 Å². The zero-order valence-corrected chi connectivity index (χ0v) is 16.9. The van der Waals surface area contributed by atoms with Crippen molar-refractivity contribution >= 4 is 10.9 Å². The molecule has 1 aromatic heterocycles. The maximum atomic E-state index is 13.3. The van der Waals surface area contributed by atoms with Gasteiger partial charge in [-0.3, -0.25) is 0 Å². The molecular weight excluding hydrogens is 382 g/mol. The molecule has 4 aromatic rings. The molecule has 0 fully saturated rings. The molecule has 154 valence electrons. The largest absolute Gasteiger partial charge is 0.497 e. The van der Waals surface area contributed by atoms with Gasteiger partial charge in [0.05, 0.1) is 13.7 Å². The zero-order chi connectivity index (χ0) is 20.9. The van der Waals surface area contributed by atoms with E-state index in [4.69, 9.17) is 4.74 Å². The summed E-state index contributed by atoms with van der Waals surface area (Å²) in [4.78, 5) is 4.65. The highest BCUT2D eigenvalue weighted by atomic mass is 19.1. The van der Waals surface area contributed by atoms with Gasteiger partial charge < -0.3 is 14.6 Å². The van der Waals surface area contributed by atoms with Crippen molar-refractivity contribution in [1.82, 2.24) is 4.98 Å². The molecule has 0 unspecified atom stereocenters. The molecular formula is C25H25F2N2O+. The second-order valence-electron chi connectivity index (χ2n) is 7.58. The van der Waals surface area contributed by atoms with Gasteiger partial charge in [-0.1, -0.05) is 24.3 Å². The average molecular weight is 407 g/mol. The van der Waals surface area contributed by atoms with E-state index in [1.54, 1.807) is 7.11 Å². The summed E-state index contributed by atoms with van der Waals surface area (Å²) >= 11 is 0. The number of aromatic nitrogens is 1. The lowest BCUT2D eigenvalue weighted by molar-refractivity contribution is -0.927. The molecule has 0 radical (unpaired) electrons. The molecule has 0 aliphatic carbocycles. The number of hydrogen-bond donors (Lipinski definition) is 2. The van der Waals surface area contributed by atoms with Crippen molar-refractivity contribution in [3.63, 3.8) is 0 Å². The summed E-state index contributed by atoms with van der Waals surface area (Å²) in [6.45, 7) is 2.42. The summed E-state index contributed by atoms with van der Waals surface area (Å²) < 4.78 is 32.0. The minimum atomic E-state index is -0.230. The first-order chi connectivity index (χ1) is 14.6. The Morgan fingerprint density at radius 2 is 1.43 bits per heavy atom. The highest BCUT2D eigenvalue weighted by molar-refractivity contribution is 5.84. The van der Waals surface area contributed by atoms with Crippen LogP contribution in [-0.4, -0.2) is 18.6 Å². The Morgan fingerprint density at radius 1 is 0.833 bits per heavy atom. The van der Waals surface area contributed by atoms with Crippen LogP contribution in [0.4, 0.5) is 8.78 Å². The summed E-state index contributed by atoms with van der Waals surface area (Å²) in [5.41, 5.74) is 4.48. The Kier molecular flexibility index (Phi) is 6.10. The van der Waals surface area contributed by atoms with Crippen LogP contribution < -0.4 is 9.64 Å². The predicted molar refractivity (Wildman–Crippen MR) is 115 cm³/mol. The van der Waals surface area contributed by atoms with E-state index in [1.807, 2.05) is 36.4 Å². The van der Waals surface area contributed by atoms with Gasteiger partial charge in [0.2, 0.25) is 0 Å². The van der Waals surface area contributed by atoms with Gasteiger partial charge in [-0.15, -0.1) is 0 Å². The Bertz CT molecular complexity index is 1060. The van der Waals surface area contributed by atoms with Crippen molar-refractivity contribution in [2.45, 2.75) is 19.5 Å². The number of rotatable bonds is 8. The molecule has 0 spiro atoms. The van der Waals surface area contributed by atoms with Crippen molar-refractivity contribution in [3.8, 4) is 5.75 Å². The fourth-order valence-corrected chi connectivity index (χ4v) is 3.82. The van der Waals surface area contributed by atoms with Gasteiger partial charge in [0.15, 0.2) is 0 Å². The van der Waals surface area contributed by atoms with E-state index in [0.717, 1.165) is 53.8 Å². The van der Waals surface area contributed by atoms with Gasteiger partial charge in [0.25, 0.3) is 0 Å². The molecule has 0 aliphatic rings. The fraction of sp³-hybridized carbons (Fsp3) is 0.200. The molecule has 0 aliphatic heterocycles. The summed E-state index contributed by atoms with van der Waals surface area (Å²) in [6.07, 6.45) is 2.93. The Balaban J connectivity index is 1.52. The molecule has 0 saturated carbocycles. The van der Waals surface area contributed by atoms with Crippen LogP contribution in [0.1, 0.15) is 16.7 Å². The van der Waals surface area contributed by atoms with E-state index in [-0.39, 0.29) is 11.6 Å². The number of H-pyrrole nitrogens is 1. The monoisotopic (exact) mass is 407 g/mol. The predicted octanol–water partition coefficient (Wildman–Crippen LogP) is 4.28. The summed E-state index contributed by atoms with van der Waals surface area (Å²) in [7, 11) is 1.67. The van der Waals surface area contributed by atoms with Gasteiger partial charge >= 0.3 is 0 Å². The Hall–Kier alpha value is -3.18. The third-order valence-corrected chi connectivity index (χ3v) is 5.46. The van der Waals surface area contributed by atoms with Crippen LogP contribution >= 0.6 is 0 Å². The van der Waals surface area contributed by atoms with E-state index in [1.165, 1.54) is 34.7 Å². The molecule has 4 rings (SSSR count). The topological polar surface area (TPSA) is 29.5 Å². The number of benzene rings is 3. The normalized spacial score (nSPS) is 11.3. The molecule has 5 heteroatoms. The maximum absolute atomic E-state index is 13.3. The van der Waals surface area contributed by atoms with E-state index >= 15 is 0 Å². The minimum Gasteiger partial charge on any atom is -0.497 e. The van der Waals surface area contributed by atoms with Crippen molar-refractivity contribution < 1.29 is 18.4 Å². The van der Waals surface area contributed by atoms with Crippen LogP contribution in [0.25, 0.3) is 10.9 Å². The first kappa shape index (κ1) is 20.1. The highest BCUT2D eigenvalue weighted by Crippen LogP contribution is 2.23. The molecule has 3 aromatic carbocycles. The number of fused-ring (bicyclic) bond motifs is 1. The van der Waals surface area contributed by atoms with Crippen LogP contribution in [0.15, 0.2) is 72.9 Å². The van der Waals surface area contributed by atoms with Crippen LogP contribution in [0.5, 0.6) is 5.75 Å². The van der Waals surface area contributed by atoms with E-state index in [2.05, 4.69) is 17.2 Å². The standard InChI is InChI=1S/C25H24F2N2O/c1-30-23-10-11-25-24(14-23)20(15-28-25)12-13-29(16-18-2-6-21(26)7-3-18)17-19-4-8-22(27)9-5-19/h2-11,14-15,28H,12-13,16-17H2,1H3/p+1. The highest BCUT2D eigenvalue weighted by Gasteiger charge is 2.14. The maximum Gasteiger partial charge on any atom is 0.123 e. The number of quaternary nitrogens is 1. The van der Waals surface area contributed by atoms with Crippen LogP contribution in [0, 0.1) is 11.6 Å². The lowest BCUT2D eigenvalue weighted by atomic mass is 10.1. The second-order valence-corrected chi connectivity index (χ2v) is 7.58. The lowest BCUT2D eigenvalue weighted by Crippen LogP contribution is -3.09. The number of halogens is 2. The first-order valence-electron chi connectivity index (χ1n) is 10.1. The second kappa shape index (κ2) is 9.09. The van der Waals surface area contributed by atoms with Gasteiger partial charge in [0.1, 0.15) is 30.5 Å². The van der Waals surface area contributed by atoms with Gasteiger partial charge in [-0.25, -0.2) is 8.78 Å². The van der Waals surface area contributed by atoms with E-state index in [9.17, 15) is 8.78 Å². The first-order valence-corrected chi connectivity index (χ1v) is 10.1. The molecule has 1 heterocycles. The average Bonchev–Trinajstić information content (AvgIpc) is 3.17. The van der Waals surface area contributed by atoms with Crippen LogP contribution in [0.3, 0.4) is 0 Å². The molecule has 2 N–H and O–H groups in total. The molecule has 3 nitrogen and oxygen atoms in total. The fourth-order valence-electron chi connectivity index (χ4n) is 3.82.